The molecule has 0 spiro atoms. The number of rotatable bonds is 3. The summed E-state index contributed by atoms with van der Waals surface area (Å²) in [7, 11) is 1.56. The first-order valence-electron chi connectivity index (χ1n) is 7.25. The van der Waals surface area contributed by atoms with Gasteiger partial charge in [0.2, 0.25) is 0 Å². The number of methoxy groups -OCH3 is 1. The van der Waals surface area contributed by atoms with Crippen LogP contribution >= 0.6 is 0 Å². The molecule has 0 aliphatic heterocycles. The van der Waals surface area contributed by atoms with Crippen molar-refractivity contribution in [3.63, 3.8) is 0 Å². The van der Waals surface area contributed by atoms with Crippen molar-refractivity contribution in [2.24, 2.45) is 0 Å². The van der Waals surface area contributed by atoms with Crippen LogP contribution in [0.2, 0.25) is 0 Å². The summed E-state index contributed by atoms with van der Waals surface area (Å²) >= 11 is 0. The molecule has 0 radical (unpaired) electrons. The van der Waals surface area contributed by atoms with E-state index in [2.05, 4.69) is 0 Å². The number of nitro benzene ring substituents is 1. The molecule has 0 unspecified atom stereocenters. The van der Waals surface area contributed by atoms with Gasteiger partial charge in [-0.15, -0.1) is 0 Å². The lowest BCUT2D eigenvalue weighted by molar-refractivity contribution is -0.384. The Kier molecular flexibility index (Phi) is 3.93. The number of carbonyl (C=O) groups is 1. The molecule has 0 atom stereocenters. The van der Waals surface area contributed by atoms with E-state index < -0.39 is 4.92 Å². The third-order valence-corrected chi connectivity index (χ3v) is 3.94. The van der Waals surface area contributed by atoms with Gasteiger partial charge in [0.05, 0.1) is 12.0 Å². The standard InChI is InChI=1S/C18H15NO4/c1-23-16-8-7-13-5-6-14(18(20)17(13)11-16)9-12-3-2-4-15(10-12)19(21)22/h2-4,7-11H,5-6H2,1H3/b14-9+. The number of aryl methyl sites for hydroxylation is 1. The maximum absolute atomic E-state index is 12.7. The number of benzene rings is 2. The summed E-state index contributed by atoms with van der Waals surface area (Å²) in [6.45, 7) is 0. The highest BCUT2D eigenvalue weighted by Crippen LogP contribution is 2.29. The summed E-state index contributed by atoms with van der Waals surface area (Å²) in [5.41, 5.74) is 2.99. The summed E-state index contributed by atoms with van der Waals surface area (Å²) in [5.74, 6) is 0.602. The van der Waals surface area contributed by atoms with E-state index in [4.69, 9.17) is 4.74 Å². The van der Waals surface area contributed by atoms with E-state index in [1.165, 1.54) is 12.1 Å². The molecule has 5 heteroatoms. The van der Waals surface area contributed by atoms with Crippen LogP contribution in [-0.4, -0.2) is 17.8 Å². The molecule has 0 fully saturated rings. The Hall–Kier alpha value is -2.95. The van der Waals surface area contributed by atoms with Gasteiger partial charge in [-0.25, -0.2) is 0 Å². The van der Waals surface area contributed by atoms with E-state index in [0.29, 0.717) is 28.9 Å². The zero-order valence-corrected chi connectivity index (χ0v) is 12.6. The summed E-state index contributed by atoms with van der Waals surface area (Å²) in [5, 5.41) is 10.8. The number of non-ortho nitro benzene ring substituents is 1. The van der Waals surface area contributed by atoms with Gasteiger partial charge in [-0.1, -0.05) is 18.2 Å². The Morgan fingerprint density at radius 1 is 1.17 bits per heavy atom. The number of Topliss-reactive ketones (excluding diaryl/α,β-unsaturated/α-hetero) is 1. The van der Waals surface area contributed by atoms with Gasteiger partial charge >= 0.3 is 0 Å². The predicted molar refractivity (Wildman–Crippen MR) is 86.7 cm³/mol. The van der Waals surface area contributed by atoms with Crippen LogP contribution in [0, 0.1) is 10.1 Å². The summed E-state index contributed by atoms with van der Waals surface area (Å²) < 4.78 is 5.18. The Balaban J connectivity index is 1.97. The maximum Gasteiger partial charge on any atom is 0.270 e. The second-order valence-corrected chi connectivity index (χ2v) is 5.37. The smallest absolute Gasteiger partial charge is 0.270 e. The van der Waals surface area contributed by atoms with Crippen molar-refractivity contribution in [2.45, 2.75) is 12.8 Å². The first-order valence-corrected chi connectivity index (χ1v) is 7.25. The molecule has 0 aromatic heterocycles. The average Bonchev–Trinajstić information content (AvgIpc) is 2.57. The van der Waals surface area contributed by atoms with Crippen molar-refractivity contribution in [3.05, 3.63) is 74.8 Å². The Morgan fingerprint density at radius 2 is 2.00 bits per heavy atom. The van der Waals surface area contributed by atoms with Gasteiger partial charge in [-0.2, -0.15) is 0 Å². The number of hydrogen-bond donors (Lipinski definition) is 0. The Labute approximate surface area is 133 Å². The molecule has 0 saturated carbocycles. The quantitative estimate of drug-likeness (QED) is 0.491. The van der Waals surface area contributed by atoms with Gasteiger partial charge in [0.15, 0.2) is 5.78 Å². The molecule has 0 heterocycles. The van der Waals surface area contributed by atoms with E-state index in [0.717, 1.165) is 12.0 Å². The molecule has 0 bridgehead atoms. The molecule has 116 valence electrons. The molecular formula is C18H15NO4. The maximum atomic E-state index is 12.7. The number of allylic oxidation sites excluding steroid dienone is 1. The highest BCUT2D eigenvalue weighted by molar-refractivity contribution is 6.13. The van der Waals surface area contributed by atoms with Crippen molar-refractivity contribution in [3.8, 4) is 5.75 Å². The van der Waals surface area contributed by atoms with Crippen molar-refractivity contribution >= 4 is 17.5 Å². The minimum atomic E-state index is -0.440. The minimum absolute atomic E-state index is 0.0182. The molecule has 0 amide bonds. The van der Waals surface area contributed by atoms with Crippen LogP contribution in [0.3, 0.4) is 0 Å². The lowest BCUT2D eigenvalue weighted by atomic mass is 9.86. The SMILES string of the molecule is COc1ccc2c(c1)C(=O)/C(=C/c1cccc([N+](=O)[O-])c1)CC2. The Morgan fingerprint density at radius 3 is 2.74 bits per heavy atom. The molecule has 1 aliphatic carbocycles. The topological polar surface area (TPSA) is 69.4 Å². The number of ketones is 1. The van der Waals surface area contributed by atoms with Gasteiger partial charge < -0.3 is 4.74 Å². The van der Waals surface area contributed by atoms with Gasteiger partial charge in [0.25, 0.3) is 5.69 Å². The highest BCUT2D eigenvalue weighted by atomic mass is 16.6. The van der Waals surface area contributed by atoms with Gasteiger partial charge in [0.1, 0.15) is 5.75 Å². The number of hydrogen-bond acceptors (Lipinski definition) is 4. The molecule has 2 aromatic rings. The van der Waals surface area contributed by atoms with Crippen LogP contribution < -0.4 is 4.74 Å². The first-order chi connectivity index (χ1) is 11.1. The largest absolute Gasteiger partial charge is 0.497 e. The van der Waals surface area contributed by atoms with E-state index >= 15 is 0 Å². The van der Waals surface area contributed by atoms with Crippen molar-refractivity contribution < 1.29 is 14.5 Å². The molecule has 0 saturated heterocycles. The lowest BCUT2D eigenvalue weighted by Crippen LogP contribution is -2.14. The normalized spacial score (nSPS) is 15.3. The predicted octanol–water partition coefficient (Wildman–Crippen LogP) is 3.82. The molecule has 23 heavy (non-hydrogen) atoms. The number of nitro groups is 1. The summed E-state index contributed by atoms with van der Waals surface area (Å²) in [6, 6.07) is 11.8. The first kappa shape index (κ1) is 15.0. The lowest BCUT2D eigenvalue weighted by Gasteiger charge is -2.18. The number of ether oxygens (including phenoxy) is 1. The molecule has 2 aromatic carbocycles. The zero-order chi connectivity index (χ0) is 16.4. The van der Waals surface area contributed by atoms with Gasteiger partial charge in [-0.05, 0) is 42.2 Å². The van der Waals surface area contributed by atoms with Crippen LogP contribution in [0.4, 0.5) is 5.69 Å². The van der Waals surface area contributed by atoms with Crippen LogP contribution in [-0.2, 0) is 6.42 Å². The Bertz CT molecular complexity index is 824. The average molecular weight is 309 g/mol. The highest BCUT2D eigenvalue weighted by Gasteiger charge is 2.22. The van der Waals surface area contributed by atoms with Crippen molar-refractivity contribution in [1.82, 2.24) is 0 Å². The molecule has 1 aliphatic rings. The van der Waals surface area contributed by atoms with Crippen molar-refractivity contribution in [1.29, 1.82) is 0 Å². The number of nitrogens with zero attached hydrogens (tertiary/aromatic N) is 1. The van der Waals surface area contributed by atoms with E-state index in [1.54, 1.807) is 31.4 Å². The van der Waals surface area contributed by atoms with Crippen LogP contribution in [0.25, 0.3) is 6.08 Å². The summed E-state index contributed by atoms with van der Waals surface area (Å²) in [6.07, 6.45) is 3.13. The summed E-state index contributed by atoms with van der Waals surface area (Å²) in [4.78, 5) is 23.1. The fourth-order valence-electron chi connectivity index (χ4n) is 2.73. The third-order valence-electron chi connectivity index (χ3n) is 3.94. The number of carbonyl (C=O) groups excluding carboxylic acids is 1. The van der Waals surface area contributed by atoms with Crippen LogP contribution in [0.1, 0.15) is 27.9 Å². The van der Waals surface area contributed by atoms with Gasteiger partial charge in [0, 0.05) is 23.3 Å². The zero-order valence-electron chi connectivity index (χ0n) is 12.6. The molecular weight excluding hydrogens is 294 g/mol. The fourth-order valence-corrected chi connectivity index (χ4v) is 2.73. The molecule has 0 N–H and O–H groups in total. The number of fused-ring (bicyclic) bond motifs is 1. The third kappa shape index (κ3) is 2.99. The fraction of sp³-hybridized carbons (Fsp3) is 0.167. The van der Waals surface area contributed by atoms with Crippen LogP contribution in [0.5, 0.6) is 5.75 Å². The van der Waals surface area contributed by atoms with E-state index in [-0.39, 0.29) is 11.5 Å². The van der Waals surface area contributed by atoms with E-state index in [9.17, 15) is 14.9 Å². The van der Waals surface area contributed by atoms with Crippen molar-refractivity contribution in [2.75, 3.05) is 7.11 Å². The second-order valence-electron chi connectivity index (χ2n) is 5.37. The monoisotopic (exact) mass is 309 g/mol. The second kappa shape index (κ2) is 6.04. The minimum Gasteiger partial charge on any atom is -0.497 e. The van der Waals surface area contributed by atoms with Crippen LogP contribution in [0.15, 0.2) is 48.0 Å². The molecule has 3 rings (SSSR count). The van der Waals surface area contributed by atoms with E-state index in [1.807, 2.05) is 12.1 Å². The van der Waals surface area contributed by atoms with Gasteiger partial charge in [-0.3, -0.25) is 14.9 Å². The molecule has 5 nitrogen and oxygen atoms in total.